The van der Waals surface area contributed by atoms with E-state index in [1.165, 1.54) is 12.3 Å². The molecule has 1 aromatic heterocycles. The molecule has 0 amide bonds. The van der Waals surface area contributed by atoms with E-state index in [1.807, 2.05) is 10.9 Å². The fraction of sp³-hybridized carbons (Fsp3) is 0.818. The lowest BCUT2D eigenvalue weighted by Crippen LogP contribution is -2.45. The van der Waals surface area contributed by atoms with Crippen molar-refractivity contribution in [3.63, 3.8) is 0 Å². The number of rotatable bonds is 4. The van der Waals surface area contributed by atoms with Crippen LogP contribution in [0.5, 0.6) is 0 Å². The first-order valence-corrected chi connectivity index (χ1v) is 7.20. The zero-order valence-corrected chi connectivity index (χ0v) is 11.4. The second-order valence-electron chi connectivity index (χ2n) is 4.53. The molecule has 96 valence electrons. The van der Waals surface area contributed by atoms with Gasteiger partial charge in [0, 0.05) is 42.9 Å². The van der Waals surface area contributed by atoms with Crippen LogP contribution in [0, 0.1) is 0 Å². The summed E-state index contributed by atoms with van der Waals surface area (Å²) >= 11 is 2.07. The van der Waals surface area contributed by atoms with Crippen molar-refractivity contribution in [3.05, 3.63) is 11.9 Å². The average molecular weight is 255 g/mol. The Morgan fingerprint density at radius 3 is 3.00 bits per heavy atom. The van der Waals surface area contributed by atoms with Crippen molar-refractivity contribution in [1.82, 2.24) is 19.9 Å². The zero-order chi connectivity index (χ0) is 12.3. The summed E-state index contributed by atoms with van der Waals surface area (Å²) < 4.78 is 1.89. The highest BCUT2D eigenvalue weighted by atomic mass is 32.2. The second kappa shape index (κ2) is 5.84. The highest BCUT2D eigenvalue weighted by Crippen LogP contribution is 2.23. The van der Waals surface area contributed by atoms with E-state index in [-0.39, 0.29) is 0 Å². The van der Waals surface area contributed by atoms with Crippen molar-refractivity contribution in [2.24, 2.45) is 5.73 Å². The third kappa shape index (κ3) is 3.20. The first kappa shape index (κ1) is 12.9. The number of thioether (sulfide) groups is 1. The Balaban J connectivity index is 1.84. The molecule has 0 spiro atoms. The molecule has 2 rings (SSSR count). The molecule has 6 heteroatoms. The van der Waals surface area contributed by atoms with Gasteiger partial charge in [-0.1, -0.05) is 12.1 Å². The minimum Gasteiger partial charge on any atom is -0.325 e. The van der Waals surface area contributed by atoms with Crippen LogP contribution in [0.4, 0.5) is 0 Å². The molecule has 0 bridgehead atoms. The Labute approximate surface area is 107 Å². The third-order valence-corrected chi connectivity index (χ3v) is 4.76. The Hall–Kier alpha value is -0.590. The smallest absolute Gasteiger partial charge is 0.0962 e. The van der Waals surface area contributed by atoms with E-state index in [1.54, 1.807) is 0 Å². The fourth-order valence-corrected chi connectivity index (χ4v) is 3.25. The van der Waals surface area contributed by atoms with Gasteiger partial charge in [0.15, 0.2) is 0 Å². The standard InChI is InChI=1S/C11H21N5S/c1-9-10(2)17-6-5-15(9)3-4-16-8-11(7-12)13-14-16/h8-10H,3-7,12H2,1-2H3. The number of nitrogens with two attached hydrogens (primary N) is 1. The molecular weight excluding hydrogens is 234 g/mol. The monoisotopic (exact) mass is 255 g/mol. The SMILES string of the molecule is CC1SCCN(CCn2cc(CN)nn2)C1C. The molecule has 2 heterocycles. The summed E-state index contributed by atoms with van der Waals surface area (Å²) in [6.07, 6.45) is 1.94. The van der Waals surface area contributed by atoms with Crippen LogP contribution < -0.4 is 5.73 Å². The van der Waals surface area contributed by atoms with Gasteiger partial charge in [0.2, 0.25) is 0 Å². The molecule has 0 aromatic carbocycles. The maximum Gasteiger partial charge on any atom is 0.0962 e. The maximum atomic E-state index is 5.51. The molecule has 0 saturated carbocycles. The lowest BCUT2D eigenvalue weighted by Gasteiger charge is -2.37. The van der Waals surface area contributed by atoms with Gasteiger partial charge in [-0.25, -0.2) is 0 Å². The lowest BCUT2D eigenvalue weighted by atomic mass is 10.2. The summed E-state index contributed by atoms with van der Waals surface area (Å²) in [5.41, 5.74) is 6.38. The van der Waals surface area contributed by atoms with E-state index in [2.05, 4.69) is 40.8 Å². The van der Waals surface area contributed by atoms with Crippen LogP contribution in [0.2, 0.25) is 0 Å². The molecule has 1 saturated heterocycles. The van der Waals surface area contributed by atoms with Crippen molar-refractivity contribution < 1.29 is 0 Å². The third-order valence-electron chi connectivity index (χ3n) is 3.43. The van der Waals surface area contributed by atoms with Crippen molar-refractivity contribution >= 4 is 11.8 Å². The van der Waals surface area contributed by atoms with E-state index in [9.17, 15) is 0 Å². The topological polar surface area (TPSA) is 60.0 Å². The first-order valence-electron chi connectivity index (χ1n) is 6.15. The second-order valence-corrected chi connectivity index (χ2v) is 6.01. The summed E-state index contributed by atoms with van der Waals surface area (Å²) in [7, 11) is 0. The zero-order valence-electron chi connectivity index (χ0n) is 10.5. The van der Waals surface area contributed by atoms with Gasteiger partial charge >= 0.3 is 0 Å². The normalized spacial score (nSPS) is 26.3. The molecule has 1 fully saturated rings. The Bertz CT molecular complexity index is 353. The van der Waals surface area contributed by atoms with Crippen LogP contribution >= 0.6 is 11.8 Å². The molecular formula is C11H21N5S. The minimum atomic E-state index is 0.466. The van der Waals surface area contributed by atoms with Crippen LogP contribution in [0.3, 0.4) is 0 Å². The van der Waals surface area contributed by atoms with Crippen LogP contribution in [-0.4, -0.2) is 50.0 Å². The number of hydrogen-bond donors (Lipinski definition) is 1. The van der Waals surface area contributed by atoms with Crippen LogP contribution in [0.15, 0.2) is 6.20 Å². The predicted molar refractivity (Wildman–Crippen MR) is 70.9 cm³/mol. The van der Waals surface area contributed by atoms with Gasteiger partial charge in [-0.15, -0.1) is 5.10 Å². The van der Waals surface area contributed by atoms with Gasteiger partial charge in [-0.2, -0.15) is 11.8 Å². The average Bonchev–Trinajstić information content (AvgIpc) is 2.79. The van der Waals surface area contributed by atoms with Gasteiger partial charge < -0.3 is 5.73 Å². The fourth-order valence-electron chi connectivity index (χ4n) is 2.08. The van der Waals surface area contributed by atoms with Gasteiger partial charge in [0.05, 0.1) is 12.2 Å². The number of nitrogens with zero attached hydrogens (tertiary/aromatic N) is 4. The molecule has 1 aliphatic heterocycles. The molecule has 17 heavy (non-hydrogen) atoms. The molecule has 0 radical (unpaired) electrons. The van der Waals surface area contributed by atoms with E-state index >= 15 is 0 Å². The highest BCUT2D eigenvalue weighted by Gasteiger charge is 2.24. The molecule has 1 aliphatic rings. The largest absolute Gasteiger partial charge is 0.325 e. The predicted octanol–water partition coefficient (Wildman–Crippen LogP) is 0.563. The minimum absolute atomic E-state index is 0.466. The van der Waals surface area contributed by atoms with Gasteiger partial charge in [-0.3, -0.25) is 9.58 Å². The Morgan fingerprint density at radius 1 is 1.47 bits per heavy atom. The van der Waals surface area contributed by atoms with Crippen LogP contribution in [0.25, 0.3) is 0 Å². The van der Waals surface area contributed by atoms with Crippen LogP contribution in [-0.2, 0) is 13.1 Å². The Morgan fingerprint density at radius 2 is 2.29 bits per heavy atom. The summed E-state index contributed by atoms with van der Waals surface area (Å²) in [5.74, 6) is 1.23. The molecule has 0 aliphatic carbocycles. The van der Waals surface area contributed by atoms with Crippen molar-refractivity contribution in [2.45, 2.75) is 38.2 Å². The van der Waals surface area contributed by atoms with Crippen LogP contribution in [0.1, 0.15) is 19.5 Å². The van der Waals surface area contributed by atoms with E-state index in [0.717, 1.165) is 24.0 Å². The highest BCUT2D eigenvalue weighted by molar-refractivity contribution is 8.00. The summed E-state index contributed by atoms with van der Waals surface area (Å²) in [5, 5.41) is 8.79. The van der Waals surface area contributed by atoms with Gasteiger partial charge in [0.1, 0.15) is 0 Å². The van der Waals surface area contributed by atoms with E-state index in [4.69, 9.17) is 5.73 Å². The molecule has 2 unspecified atom stereocenters. The van der Waals surface area contributed by atoms with Crippen molar-refractivity contribution in [3.8, 4) is 0 Å². The number of aromatic nitrogens is 3. The van der Waals surface area contributed by atoms with Gasteiger partial charge in [0.25, 0.3) is 0 Å². The number of hydrogen-bond acceptors (Lipinski definition) is 5. The molecule has 5 nitrogen and oxygen atoms in total. The summed E-state index contributed by atoms with van der Waals surface area (Å²) in [6.45, 7) is 8.20. The van der Waals surface area contributed by atoms with Gasteiger partial charge in [-0.05, 0) is 6.92 Å². The van der Waals surface area contributed by atoms with E-state index in [0.29, 0.717) is 12.6 Å². The van der Waals surface area contributed by atoms with E-state index < -0.39 is 0 Å². The molecule has 2 N–H and O–H groups in total. The molecule has 1 aromatic rings. The maximum absolute atomic E-state index is 5.51. The summed E-state index contributed by atoms with van der Waals surface area (Å²) in [4.78, 5) is 2.53. The quantitative estimate of drug-likeness (QED) is 0.852. The molecule has 2 atom stereocenters. The summed E-state index contributed by atoms with van der Waals surface area (Å²) in [6, 6.07) is 0.645. The first-order chi connectivity index (χ1) is 8.20. The Kier molecular flexibility index (Phi) is 4.42. The van der Waals surface area contributed by atoms with Crippen molar-refractivity contribution in [2.75, 3.05) is 18.8 Å². The lowest BCUT2D eigenvalue weighted by molar-refractivity contribution is 0.202. The van der Waals surface area contributed by atoms with Crippen molar-refractivity contribution in [1.29, 1.82) is 0 Å².